The molecule has 3 heteroatoms. The molecule has 0 amide bonds. The molecule has 1 unspecified atom stereocenters. The minimum Gasteiger partial charge on any atom is -0.369 e. The summed E-state index contributed by atoms with van der Waals surface area (Å²) in [6, 6.07) is 5.12. The second-order valence-electron chi connectivity index (χ2n) is 7.45. The largest absolute Gasteiger partial charge is 0.369 e. The summed E-state index contributed by atoms with van der Waals surface area (Å²) in [5.74, 6) is 0.562. The van der Waals surface area contributed by atoms with E-state index in [9.17, 15) is 4.39 Å². The van der Waals surface area contributed by atoms with E-state index in [1.807, 2.05) is 13.0 Å². The fourth-order valence-electron chi connectivity index (χ4n) is 3.42. The van der Waals surface area contributed by atoms with Crippen molar-refractivity contribution < 1.29 is 4.39 Å². The summed E-state index contributed by atoms with van der Waals surface area (Å²) in [5, 5.41) is 0. The third-order valence-corrected chi connectivity index (χ3v) is 4.78. The lowest BCUT2D eigenvalue weighted by Gasteiger charge is -2.30. The van der Waals surface area contributed by atoms with E-state index in [0.29, 0.717) is 11.3 Å². The van der Waals surface area contributed by atoms with Crippen molar-refractivity contribution >= 4 is 5.69 Å². The zero-order valence-corrected chi connectivity index (χ0v) is 13.8. The van der Waals surface area contributed by atoms with Gasteiger partial charge in [0.15, 0.2) is 0 Å². The number of nitrogens with two attached hydrogens (primary N) is 1. The molecule has 0 radical (unpaired) electrons. The van der Waals surface area contributed by atoms with E-state index >= 15 is 0 Å². The highest BCUT2D eigenvalue weighted by atomic mass is 19.1. The maximum absolute atomic E-state index is 14.4. The van der Waals surface area contributed by atoms with Crippen LogP contribution in [-0.4, -0.2) is 13.1 Å². The van der Waals surface area contributed by atoms with E-state index in [1.54, 1.807) is 12.1 Å². The molecule has 2 nitrogen and oxygen atoms in total. The van der Waals surface area contributed by atoms with Gasteiger partial charge < -0.3 is 10.6 Å². The van der Waals surface area contributed by atoms with Crippen LogP contribution in [0.5, 0.6) is 0 Å². The topological polar surface area (TPSA) is 29.3 Å². The number of hydrogen-bond acceptors (Lipinski definition) is 2. The van der Waals surface area contributed by atoms with Crippen LogP contribution in [0.15, 0.2) is 18.2 Å². The Balaban J connectivity index is 2.24. The monoisotopic (exact) mass is 292 g/mol. The van der Waals surface area contributed by atoms with Gasteiger partial charge >= 0.3 is 0 Å². The molecule has 1 aromatic rings. The molecular formula is C18H29FN2. The van der Waals surface area contributed by atoms with Crippen molar-refractivity contribution in [1.82, 2.24) is 0 Å². The van der Waals surface area contributed by atoms with Gasteiger partial charge in [0.25, 0.3) is 0 Å². The van der Waals surface area contributed by atoms with Gasteiger partial charge in [0.2, 0.25) is 0 Å². The number of rotatable bonds is 2. The smallest absolute Gasteiger partial charge is 0.146 e. The lowest BCUT2D eigenvalue weighted by Crippen LogP contribution is -2.28. The van der Waals surface area contributed by atoms with Crippen LogP contribution in [-0.2, 0) is 0 Å². The van der Waals surface area contributed by atoms with Gasteiger partial charge in [-0.3, -0.25) is 0 Å². The normalized spacial score (nSPS) is 22.0. The van der Waals surface area contributed by atoms with E-state index < -0.39 is 0 Å². The Hall–Kier alpha value is -1.09. The first-order valence-electron chi connectivity index (χ1n) is 8.09. The molecule has 21 heavy (non-hydrogen) atoms. The van der Waals surface area contributed by atoms with Crippen molar-refractivity contribution in [3.63, 3.8) is 0 Å². The average molecular weight is 292 g/mol. The van der Waals surface area contributed by atoms with Crippen molar-refractivity contribution in [1.29, 1.82) is 0 Å². The van der Waals surface area contributed by atoms with Gasteiger partial charge in [0, 0.05) is 19.1 Å². The molecule has 0 aliphatic carbocycles. The SMILES string of the molecule is C[C@@H](N)c1cccc(F)c1N1CCCC(C(C)(C)C)CC1. The summed E-state index contributed by atoms with van der Waals surface area (Å²) >= 11 is 0. The first-order valence-corrected chi connectivity index (χ1v) is 8.09. The van der Waals surface area contributed by atoms with Crippen LogP contribution < -0.4 is 10.6 Å². The molecule has 2 rings (SSSR count). The molecule has 2 N–H and O–H groups in total. The fraction of sp³-hybridized carbons (Fsp3) is 0.667. The third-order valence-electron chi connectivity index (χ3n) is 4.78. The summed E-state index contributed by atoms with van der Waals surface area (Å²) in [5.41, 5.74) is 8.01. The molecule has 1 aliphatic rings. The number of benzene rings is 1. The van der Waals surface area contributed by atoms with Gasteiger partial charge in [0.05, 0.1) is 5.69 Å². The quantitative estimate of drug-likeness (QED) is 0.869. The van der Waals surface area contributed by atoms with Gasteiger partial charge in [-0.1, -0.05) is 32.9 Å². The number of anilines is 1. The molecule has 1 fully saturated rings. The molecule has 1 aliphatic heterocycles. The zero-order valence-electron chi connectivity index (χ0n) is 13.8. The highest BCUT2D eigenvalue weighted by Crippen LogP contribution is 2.37. The van der Waals surface area contributed by atoms with Crippen LogP contribution in [0.3, 0.4) is 0 Å². The molecule has 1 aromatic carbocycles. The average Bonchev–Trinajstić information content (AvgIpc) is 2.63. The van der Waals surface area contributed by atoms with Crippen LogP contribution >= 0.6 is 0 Å². The van der Waals surface area contributed by atoms with Gasteiger partial charge in [-0.05, 0) is 49.1 Å². The van der Waals surface area contributed by atoms with E-state index in [1.165, 1.54) is 6.42 Å². The minimum atomic E-state index is -0.141. The predicted molar refractivity (Wildman–Crippen MR) is 88.0 cm³/mol. The Labute approximate surface area is 128 Å². The van der Waals surface area contributed by atoms with Crippen LogP contribution in [0.2, 0.25) is 0 Å². The molecule has 118 valence electrons. The Kier molecular flexibility index (Phi) is 4.92. The molecule has 1 saturated heterocycles. The van der Waals surface area contributed by atoms with E-state index in [2.05, 4.69) is 25.7 Å². The minimum absolute atomic E-state index is 0.140. The number of para-hydroxylation sites is 1. The van der Waals surface area contributed by atoms with Crippen LogP contribution in [0.25, 0.3) is 0 Å². The predicted octanol–water partition coefficient (Wildman–Crippen LogP) is 4.50. The second-order valence-corrected chi connectivity index (χ2v) is 7.45. The Bertz CT molecular complexity index is 477. The van der Waals surface area contributed by atoms with Crippen molar-refractivity contribution in [2.24, 2.45) is 17.1 Å². The number of hydrogen-bond donors (Lipinski definition) is 1. The van der Waals surface area contributed by atoms with Crippen molar-refractivity contribution in [2.45, 2.75) is 53.0 Å². The van der Waals surface area contributed by atoms with Crippen molar-refractivity contribution in [2.75, 3.05) is 18.0 Å². The van der Waals surface area contributed by atoms with E-state index in [4.69, 9.17) is 5.73 Å². The van der Waals surface area contributed by atoms with Crippen LogP contribution in [0.4, 0.5) is 10.1 Å². The van der Waals surface area contributed by atoms with Crippen LogP contribution in [0, 0.1) is 17.2 Å². The van der Waals surface area contributed by atoms with Gasteiger partial charge in [-0.2, -0.15) is 0 Å². The molecule has 0 aromatic heterocycles. The first kappa shape index (κ1) is 16.3. The number of halogens is 1. The lowest BCUT2D eigenvalue weighted by molar-refractivity contribution is 0.220. The summed E-state index contributed by atoms with van der Waals surface area (Å²) in [4.78, 5) is 2.21. The zero-order chi connectivity index (χ0) is 15.6. The van der Waals surface area contributed by atoms with E-state index in [0.717, 1.165) is 37.2 Å². The Morgan fingerprint density at radius 1 is 1.24 bits per heavy atom. The van der Waals surface area contributed by atoms with Gasteiger partial charge in [-0.15, -0.1) is 0 Å². The highest BCUT2D eigenvalue weighted by Gasteiger charge is 2.28. The van der Waals surface area contributed by atoms with Gasteiger partial charge in [0.1, 0.15) is 5.82 Å². The first-order chi connectivity index (χ1) is 9.80. The number of nitrogens with zero attached hydrogens (tertiary/aromatic N) is 1. The Morgan fingerprint density at radius 2 is 1.95 bits per heavy atom. The molecule has 0 spiro atoms. The standard InChI is InChI=1S/C18H29FN2/c1-13(20)15-8-5-9-16(19)17(15)21-11-6-7-14(10-12-21)18(2,3)4/h5,8-9,13-14H,6-7,10-12,20H2,1-4H3/t13-,14?/m1/s1. The summed E-state index contributed by atoms with van der Waals surface area (Å²) in [6.45, 7) is 10.7. The molecule has 0 saturated carbocycles. The molecule has 0 bridgehead atoms. The fourth-order valence-corrected chi connectivity index (χ4v) is 3.42. The van der Waals surface area contributed by atoms with Crippen molar-refractivity contribution in [3.05, 3.63) is 29.6 Å². The molecule has 1 heterocycles. The van der Waals surface area contributed by atoms with Crippen LogP contribution in [0.1, 0.15) is 58.6 Å². The van der Waals surface area contributed by atoms with E-state index in [-0.39, 0.29) is 11.9 Å². The Morgan fingerprint density at radius 3 is 2.57 bits per heavy atom. The summed E-state index contributed by atoms with van der Waals surface area (Å²) in [6.07, 6.45) is 3.47. The molecular weight excluding hydrogens is 263 g/mol. The maximum Gasteiger partial charge on any atom is 0.146 e. The summed E-state index contributed by atoms with van der Waals surface area (Å²) < 4.78 is 14.4. The maximum atomic E-state index is 14.4. The summed E-state index contributed by atoms with van der Waals surface area (Å²) in [7, 11) is 0. The van der Waals surface area contributed by atoms with Crippen molar-refractivity contribution in [3.8, 4) is 0 Å². The molecule has 2 atom stereocenters. The highest BCUT2D eigenvalue weighted by molar-refractivity contribution is 5.56. The van der Waals surface area contributed by atoms with Gasteiger partial charge in [-0.25, -0.2) is 4.39 Å². The second kappa shape index (κ2) is 6.35. The lowest BCUT2D eigenvalue weighted by atomic mass is 9.77. The third kappa shape index (κ3) is 3.76.